The summed E-state index contributed by atoms with van der Waals surface area (Å²) in [5.41, 5.74) is -0.236. The maximum absolute atomic E-state index is 12.1. The highest BCUT2D eigenvalue weighted by Crippen LogP contribution is 2.30. The number of carbonyl (C=O) groups excluding carboxylic acids is 1. The standard InChI is InChI=1S/C14H25NO2/c1-14(7-9-15-10-8-14)13(16)17-11-12-5-3-2-4-6-12/h12,15H,2-11H2,1H3. The molecular formula is C14H25NO2. The average molecular weight is 239 g/mol. The van der Waals surface area contributed by atoms with Gasteiger partial charge < -0.3 is 10.1 Å². The highest BCUT2D eigenvalue weighted by molar-refractivity contribution is 5.76. The maximum Gasteiger partial charge on any atom is 0.311 e. The second kappa shape index (κ2) is 5.85. The summed E-state index contributed by atoms with van der Waals surface area (Å²) >= 11 is 0. The number of rotatable bonds is 3. The van der Waals surface area contributed by atoms with Gasteiger partial charge in [0.2, 0.25) is 0 Å². The molecule has 0 aromatic carbocycles. The van der Waals surface area contributed by atoms with Gasteiger partial charge in [0, 0.05) is 0 Å². The van der Waals surface area contributed by atoms with Crippen molar-refractivity contribution in [1.82, 2.24) is 5.32 Å². The molecule has 0 bridgehead atoms. The molecule has 1 N–H and O–H groups in total. The van der Waals surface area contributed by atoms with Gasteiger partial charge in [0.05, 0.1) is 12.0 Å². The number of hydrogen-bond acceptors (Lipinski definition) is 3. The minimum absolute atomic E-state index is 0.0320. The maximum atomic E-state index is 12.1. The van der Waals surface area contributed by atoms with Crippen molar-refractivity contribution in [2.45, 2.75) is 51.9 Å². The molecule has 1 saturated carbocycles. The van der Waals surface area contributed by atoms with Gasteiger partial charge in [0.25, 0.3) is 0 Å². The van der Waals surface area contributed by atoms with Crippen molar-refractivity contribution in [3.8, 4) is 0 Å². The highest BCUT2D eigenvalue weighted by Gasteiger charge is 2.36. The Labute approximate surface area is 104 Å². The first-order chi connectivity index (χ1) is 8.21. The first-order valence-electron chi connectivity index (χ1n) is 7.09. The summed E-state index contributed by atoms with van der Waals surface area (Å²) < 4.78 is 5.56. The van der Waals surface area contributed by atoms with E-state index in [0.29, 0.717) is 12.5 Å². The predicted molar refractivity (Wildman–Crippen MR) is 67.7 cm³/mol. The van der Waals surface area contributed by atoms with E-state index in [1.807, 2.05) is 0 Å². The molecule has 2 rings (SSSR count). The minimum atomic E-state index is -0.236. The normalized spacial score (nSPS) is 25.5. The fourth-order valence-electron chi connectivity index (χ4n) is 2.90. The van der Waals surface area contributed by atoms with Gasteiger partial charge in [-0.05, 0) is 51.6 Å². The summed E-state index contributed by atoms with van der Waals surface area (Å²) in [6.07, 6.45) is 8.28. The van der Waals surface area contributed by atoms with Gasteiger partial charge in [-0.15, -0.1) is 0 Å². The zero-order chi connectivity index (χ0) is 12.1. The van der Waals surface area contributed by atoms with E-state index in [2.05, 4.69) is 12.2 Å². The van der Waals surface area contributed by atoms with E-state index in [1.165, 1.54) is 32.1 Å². The number of ether oxygens (including phenoxy) is 1. The summed E-state index contributed by atoms with van der Waals surface area (Å²) in [5.74, 6) is 0.655. The lowest BCUT2D eigenvalue weighted by Crippen LogP contribution is -2.41. The molecule has 0 aromatic rings. The molecule has 0 spiro atoms. The first kappa shape index (κ1) is 12.9. The number of nitrogens with one attached hydrogen (secondary N) is 1. The van der Waals surface area contributed by atoms with Crippen LogP contribution in [0.25, 0.3) is 0 Å². The Morgan fingerprint density at radius 2 is 1.88 bits per heavy atom. The van der Waals surface area contributed by atoms with Crippen LogP contribution in [0.5, 0.6) is 0 Å². The van der Waals surface area contributed by atoms with Gasteiger partial charge in [-0.3, -0.25) is 4.79 Å². The molecule has 1 aliphatic carbocycles. The number of hydrogen-bond donors (Lipinski definition) is 1. The Bertz CT molecular complexity index is 253. The van der Waals surface area contributed by atoms with E-state index in [-0.39, 0.29) is 11.4 Å². The van der Waals surface area contributed by atoms with Gasteiger partial charge in [0.1, 0.15) is 0 Å². The highest BCUT2D eigenvalue weighted by atomic mass is 16.5. The van der Waals surface area contributed by atoms with E-state index in [1.54, 1.807) is 0 Å². The molecule has 2 fully saturated rings. The van der Waals surface area contributed by atoms with Crippen LogP contribution in [-0.2, 0) is 9.53 Å². The molecule has 0 atom stereocenters. The number of piperidine rings is 1. The molecular weight excluding hydrogens is 214 g/mol. The Hall–Kier alpha value is -0.570. The molecule has 1 heterocycles. The first-order valence-corrected chi connectivity index (χ1v) is 7.09. The monoisotopic (exact) mass is 239 g/mol. The molecule has 3 nitrogen and oxygen atoms in total. The third-order valence-corrected chi connectivity index (χ3v) is 4.37. The molecule has 98 valence electrons. The van der Waals surface area contributed by atoms with E-state index >= 15 is 0 Å². The fraction of sp³-hybridized carbons (Fsp3) is 0.929. The zero-order valence-corrected chi connectivity index (χ0v) is 11.0. The van der Waals surface area contributed by atoms with E-state index in [4.69, 9.17) is 4.74 Å². The summed E-state index contributed by atoms with van der Waals surface area (Å²) in [4.78, 5) is 12.1. The zero-order valence-electron chi connectivity index (χ0n) is 11.0. The second-order valence-electron chi connectivity index (χ2n) is 5.91. The molecule has 0 radical (unpaired) electrons. The van der Waals surface area contributed by atoms with Crippen LogP contribution in [0, 0.1) is 11.3 Å². The number of esters is 1. The molecule has 1 aliphatic heterocycles. The van der Waals surface area contributed by atoms with Crippen LogP contribution in [0.1, 0.15) is 51.9 Å². The van der Waals surface area contributed by atoms with Crippen molar-refractivity contribution in [3.63, 3.8) is 0 Å². The van der Waals surface area contributed by atoms with Gasteiger partial charge >= 0.3 is 5.97 Å². The predicted octanol–water partition coefficient (Wildman–Crippen LogP) is 2.50. The topological polar surface area (TPSA) is 38.3 Å². The molecule has 17 heavy (non-hydrogen) atoms. The lowest BCUT2D eigenvalue weighted by atomic mass is 9.81. The third kappa shape index (κ3) is 3.44. The van der Waals surface area contributed by atoms with E-state index in [9.17, 15) is 4.79 Å². The van der Waals surface area contributed by atoms with Crippen LogP contribution in [0.3, 0.4) is 0 Å². The van der Waals surface area contributed by atoms with Crippen molar-refractivity contribution >= 4 is 5.97 Å². The van der Waals surface area contributed by atoms with Crippen LogP contribution in [0.2, 0.25) is 0 Å². The Morgan fingerprint density at radius 1 is 1.24 bits per heavy atom. The van der Waals surface area contributed by atoms with E-state index < -0.39 is 0 Å². The van der Waals surface area contributed by atoms with Crippen LogP contribution in [-0.4, -0.2) is 25.7 Å². The fourth-order valence-corrected chi connectivity index (χ4v) is 2.90. The summed E-state index contributed by atoms with van der Waals surface area (Å²) in [6.45, 7) is 4.59. The van der Waals surface area contributed by atoms with Crippen molar-refractivity contribution in [2.24, 2.45) is 11.3 Å². The number of carbonyl (C=O) groups is 1. The lowest BCUT2D eigenvalue weighted by Gasteiger charge is -2.32. The molecule has 3 heteroatoms. The van der Waals surface area contributed by atoms with Crippen LogP contribution in [0.15, 0.2) is 0 Å². The second-order valence-corrected chi connectivity index (χ2v) is 5.91. The van der Waals surface area contributed by atoms with Crippen LogP contribution in [0.4, 0.5) is 0 Å². The Morgan fingerprint density at radius 3 is 2.53 bits per heavy atom. The van der Waals surface area contributed by atoms with Gasteiger partial charge in [-0.1, -0.05) is 19.3 Å². The Kier molecular flexibility index (Phi) is 4.43. The lowest BCUT2D eigenvalue weighted by molar-refractivity contribution is -0.158. The summed E-state index contributed by atoms with van der Waals surface area (Å²) in [7, 11) is 0. The van der Waals surface area contributed by atoms with Gasteiger partial charge in [-0.2, -0.15) is 0 Å². The van der Waals surface area contributed by atoms with Crippen molar-refractivity contribution in [2.75, 3.05) is 19.7 Å². The summed E-state index contributed by atoms with van der Waals surface area (Å²) in [5, 5.41) is 3.29. The molecule has 0 amide bonds. The van der Waals surface area contributed by atoms with Crippen molar-refractivity contribution < 1.29 is 9.53 Å². The van der Waals surface area contributed by atoms with Gasteiger partial charge in [-0.25, -0.2) is 0 Å². The minimum Gasteiger partial charge on any atom is -0.465 e. The van der Waals surface area contributed by atoms with Crippen molar-refractivity contribution in [1.29, 1.82) is 0 Å². The molecule has 0 aromatic heterocycles. The molecule has 1 saturated heterocycles. The SMILES string of the molecule is CC1(C(=O)OCC2CCCCC2)CCNCC1. The third-order valence-electron chi connectivity index (χ3n) is 4.37. The largest absolute Gasteiger partial charge is 0.465 e. The van der Waals surface area contributed by atoms with Crippen molar-refractivity contribution in [3.05, 3.63) is 0 Å². The van der Waals surface area contributed by atoms with E-state index in [0.717, 1.165) is 25.9 Å². The quantitative estimate of drug-likeness (QED) is 0.769. The summed E-state index contributed by atoms with van der Waals surface area (Å²) in [6, 6.07) is 0. The van der Waals surface area contributed by atoms with Gasteiger partial charge in [0.15, 0.2) is 0 Å². The molecule has 0 unspecified atom stereocenters. The Balaban J connectivity index is 1.75. The van der Waals surface area contributed by atoms with Crippen LogP contribution >= 0.6 is 0 Å². The smallest absolute Gasteiger partial charge is 0.311 e. The van der Waals surface area contributed by atoms with Crippen LogP contribution < -0.4 is 5.32 Å². The average Bonchev–Trinajstić information content (AvgIpc) is 2.38. The molecule has 2 aliphatic rings.